The van der Waals surface area contributed by atoms with Crippen LogP contribution in [0.2, 0.25) is 0 Å². The predicted octanol–water partition coefficient (Wildman–Crippen LogP) is 1.58. The quantitative estimate of drug-likeness (QED) is 0.698. The number of carbonyl (C=O) groups excluding carboxylic acids is 1. The van der Waals surface area contributed by atoms with E-state index in [1.54, 1.807) is 0 Å². The molecule has 0 bridgehead atoms. The van der Waals surface area contributed by atoms with E-state index in [0.717, 1.165) is 19.5 Å². The summed E-state index contributed by atoms with van der Waals surface area (Å²) in [4.78, 5) is 11.2. The van der Waals surface area contributed by atoms with Crippen molar-refractivity contribution >= 4 is 5.97 Å². The Morgan fingerprint density at radius 1 is 1.64 bits per heavy atom. The second kappa shape index (κ2) is 6.02. The molecule has 0 aromatic carbocycles. The maximum Gasteiger partial charge on any atom is 0.305 e. The maximum absolute atomic E-state index is 11.2. The highest BCUT2D eigenvalue weighted by Gasteiger charge is 2.24. The smallest absolute Gasteiger partial charge is 0.305 e. The number of hydrogen-bond donors (Lipinski definition) is 1. The molecule has 3 heteroatoms. The van der Waals surface area contributed by atoms with Crippen LogP contribution in [0, 0.1) is 11.8 Å². The zero-order chi connectivity index (χ0) is 10.4. The first kappa shape index (κ1) is 11.5. The molecule has 0 radical (unpaired) electrons. The molecule has 82 valence electrons. The van der Waals surface area contributed by atoms with Gasteiger partial charge in [0.15, 0.2) is 0 Å². The fourth-order valence-electron chi connectivity index (χ4n) is 2.22. The summed E-state index contributed by atoms with van der Waals surface area (Å²) in [6.45, 7) is 4.35. The molecule has 1 aliphatic heterocycles. The summed E-state index contributed by atoms with van der Waals surface area (Å²) < 4.78 is 4.71. The van der Waals surface area contributed by atoms with Crippen LogP contribution >= 0.6 is 0 Å². The molecule has 2 atom stereocenters. The molecule has 1 aliphatic rings. The Balaban J connectivity index is 2.39. The fraction of sp³-hybridized carbons (Fsp3) is 0.909. The minimum Gasteiger partial charge on any atom is -0.469 e. The largest absolute Gasteiger partial charge is 0.469 e. The number of piperidine rings is 1. The van der Waals surface area contributed by atoms with E-state index < -0.39 is 0 Å². The second-order valence-corrected chi connectivity index (χ2v) is 4.06. The van der Waals surface area contributed by atoms with Crippen LogP contribution in [0.1, 0.15) is 32.6 Å². The van der Waals surface area contributed by atoms with Crippen molar-refractivity contribution in [3.8, 4) is 0 Å². The van der Waals surface area contributed by atoms with Crippen molar-refractivity contribution in [2.24, 2.45) is 11.8 Å². The third kappa shape index (κ3) is 3.29. The molecular formula is C11H21NO2. The third-order valence-corrected chi connectivity index (χ3v) is 3.18. The maximum atomic E-state index is 11.2. The van der Waals surface area contributed by atoms with E-state index in [9.17, 15) is 4.79 Å². The number of nitrogens with one attached hydrogen (secondary N) is 1. The first-order chi connectivity index (χ1) is 6.77. The summed E-state index contributed by atoms with van der Waals surface area (Å²) >= 11 is 0. The van der Waals surface area contributed by atoms with Crippen molar-refractivity contribution in [2.75, 3.05) is 20.2 Å². The lowest BCUT2D eigenvalue weighted by molar-refractivity contribution is -0.142. The molecule has 14 heavy (non-hydrogen) atoms. The summed E-state index contributed by atoms with van der Waals surface area (Å²) in [6.07, 6.45) is 4.14. The van der Waals surface area contributed by atoms with Gasteiger partial charge in [0.2, 0.25) is 0 Å². The number of esters is 1. The van der Waals surface area contributed by atoms with Crippen molar-refractivity contribution < 1.29 is 9.53 Å². The first-order valence-corrected chi connectivity index (χ1v) is 5.55. The topological polar surface area (TPSA) is 38.3 Å². The minimum atomic E-state index is -0.0672. The highest BCUT2D eigenvalue weighted by atomic mass is 16.5. The van der Waals surface area contributed by atoms with E-state index in [-0.39, 0.29) is 5.97 Å². The normalized spacial score (nSPS) is 24.3. The second-order valence-electron chi connectivity index (χ2n) is 4.06. The third-order valence-electron chi connectivity index (χ3n) is 3.18. The van der Waals surface area contributed by atoms with E-state index in [4.69, 9.17) is 4.74 Å². The number of methoxy groups -OCH3 is 1. The molecule has 1 N–H and O–H groups in total. The molecule has 1 saturated heterocycles. The fourth-order valence-corrected chi connectivity index (χ4v) is 2.22. The van der Waals surface area contributed by atoms with Crippen molar-refractivity contribution in [2.45, 2.75) is 32.6 Å². The van der Waals surface area contributed by atoms with Crippen LogP contribution < -0.4 is 5.32 Å². The Labute approximate surface area is 86.2 Å². The summed E-state index contributed by atoms with van der Waals surface area (Å²) in [7, 11) is 1.47. The predicted molar refractivity (Wildman–Crippen MR) is 56.0 cm³/mol. The SMILES string of the molecule is CCC(CC(=O)OC)C1CCCNC1. The van der Waals surface area contributed by atoms with E-state index in [1.807, 2.05) is 0 Å². The monoisotopic (exact) mass is 199 g/mol. The average Bonchev–Trinajstić information content (AvgIpc) is 2.26. The Morgan fingerprint density at radius 3 is 2.93 bits per heavy atom. The first-order valence-electron chi connectivity index (χ1n) is 5.55. The highest BCUT2D eigenvalue weighted by molar-refractivity contribution is 5.69. The van der Waals surface area contributed by atoms with Gasteiger partial charge in [-0.2, -0.15) is 0 Å². The number of ether oxygens (including phenoxy) is 1. The summed E-state index contributed by atoms with van der Waals surface area (Å²) in [5.74, 6) is 1.09. The number of hydrogen-bond acceptors (Lipinski definition) is 3. The Morgan fingerprint density at radius 2 is 2.43 bits per heavy atom. The molecule has 1 fully saturated rings. The van der Waals surface area contributed by atoms with Crippen LogP contribution in [-0.2, 0) is 9.53 Å². The molecule has 0 saturated carbocycles. The zero-order valence-electron chi connectivity index (χ0n) is 9.21. The van der Waals surface area contributed by atoms with Gasteiger partial charge in [0.05, 0.1) is 7.11 Å². The van der Waals surface area contributed by atoms with Gasteiger partial charge < -0.3 is 10.1 Å². The van der Waals surface area contributed by atoms with Gasteiger partial charge in [0, 0.05) is 6.42 Å². The van der Waals surface area contributed by atoms with Crippen LogP contribution in [-0.4, -0.2) is 26.2 Å². The van der Waals surface area contributed by atoms with Gasteiger partial charge in [-0.3, -0.25) is 4.79 Å². The van der Waals surface area contributed by atoms with E-state index in [0.29, 0.717) is 18.3 Å². The van der Waals surface area contributed by atoms with E-state index in [1.165, 1.54) is 20.0 Å². The highest BCUT2D eigenvalue weighted by Crippen LogP contribution is 2.25. The Bertz CT molecular complexity index is 176. The van der Waals surface area contributed by atoms with Crippen LogP contribution in [0.5, 0.6) is 0 Å². The lowest BCUT2D eigenvalue weighted by Gasteiger charge is -2.29. The summed E-state index contributed by atoms with van der Waals surface area (Å²) in [5, 5.41) is 3.39. The van der Waals surface area contributed by atoms with Gasteiger partial charge in [-0.15, -0.1) is 0 Å². The Kier molecular flexibility index (Phi) is 4.94. The van der Waals surface area contributed by atoms with Crippen LogP contribution in [0.3, 0.4) is 0 Å². The molecular weight excluding hydrogens is 178 g/mol. The molecule has 0 aliphatic carbocycles. The lowest BCUT2D eigenvalue weighted by atomic mass is 9.82. The molecule has 3 nitrogen and oxygen atoms in total. The minimum absolute atomic E-state index is 0.0672. The molecule has 0 aromatic rings. The zero-order valence-corrected chi connectivity index (χ0v) is 9.21. The molecule has 1 rings (SSSR count). The molecule has 2 unspecified atom stereocenters. The van der Waals surface area contributed by atoms with Crippen molar-refractivity contribution in [1.82, 2.24) is 5.32 Å². The molecule has 0 amide bonds. The van der Waals surface area contributed by atoms with Crippen LogP contribution in [0.25, 0.3) is 0 Å². The van der Waals surface area contributed by atoms with E-state index >= 15 is 0 Å². The van der Waals surface area contributed by atoms with Gasteiger partial charge in [-0.05, 0) is 37.8 Å². The average molecular weight is 199 g/mol. The number of carbonyl (C=O) groups is 1. The van der Waals surface area contributed by atoms with Gasteiger partial charge in [-0.25, -0.2) is 0 Å². The molecule has 1 heterocycles. The van der Waals surface area contributed by atoms with Crippen molar-refractivity contribution in [3.05, 3.63) is 0 Å². The van der Waals surface area contributed by atoms with Crippen LogP contribution in [0.15, 0.2) is 0 Å². The number of rotatable bonds is 4. The van der Waals surface area contributed by atoms with Gasteiger partial charge >= 0.3 is 5.97 Å². The van der Waals surface area contributed by atoms with E-state index in [2.05, 4.69) is 12.2 Å². The lowest BCUT2D eigenvalue weighted by Crippen LogP contribution is -2.34. The standard InChI is InChI=1S/C11H21NO2/c1-3-9(7-11(13)14-2)10-5-4-6-12-8-10/h9-10,12H,3-8H2,1-2H3. The summed E-state index contributed by atoms with van der Waals surface area (Å²) in [6, 6.07) is 0. The van der Waals surface area contributed by atoms with Gasteiger partial charge in [-0.1, -0.05) is 13.3 Å². The van der Waals surface area contributed by atoms with Crippen molar-refractivity contribution in [1.29, 1.82) is 0 Å². The Hall–Kier alpha value is -0.570. The molecule has 0 aromatic heterocycles. The molecule has 0 spiro atoms. The van der Waals surface area contributed by atoms with Crippen LogP contribution in [0.4, 0.5) is 0 Å². The summed E-state index contributed by atoms with van der Waals surface area (Å²) in [5.41, 5.74) is 0. The van der Waals surface area contributed by atoms with Crippen molar-refractivity contribution in [3.63, 3.8) is 0 Å². The van der Waals surface area contributed by atoms with Gasteiger partial charge in [0.1, 0.15) is 0 Å². The van der Waals surface area contributed by atoms with Gasteiger partial charge in [0.25, 0.3) is 0 Å².